The van der Waals surface area contributed by atoms with E-state index in [1.165, 1.54) is 4.90 Å². The first-order valence-corrected chi connectivity index (χ1v) is 5.01. The molecule has 0 saturated carbocycles. The van der Waals surface area contributed by atoms with Crippen molar-refractivity contribution in [2.75, 3.05) is 6.54 Å². The molecule has 0 radical (unpaired) electrons. The Morgan fingerprint density at radius 2 is 2.07 bits per heavy atom. The van der Waals surface area contributed by atoms with Crippen LogP contribution in [0.3, 0.4) is 0 Å². The molecule has 0 spiro atoms. The fraction of sp³-hybridized carbons (Fsp3) is 0.900. The van der Waals surface area contributed by atoms with E-state index in [1.54, 1.807) is 0 Å². The van der Waals surface area contributed by atoms with Gasteiger partial charge in [0.05, 0.1) is 12.1 Å². The Labute approximate surface area is 84.5 Å². The minimum absolute atomic E-state index is 0.229. The summed E-state index contributed by atoms with van der Waals surface area (Å²) in [7, 11) is 0. The highest BCUT2D eigenvalue weighted by Crippen LogP contribution is 2.30. The first kappa shape index (κ1) is 11.3. The van der Waals surface area contributed by atoms with Crippen LogP contribution in [0, 0.1) is 5.41 Å². The number of nitrogens with zero attached hydrogens (tertiary/aromatic N) is 1. The third-order valence-corrected chi connectivity index (χ3v) is 2.80. The molecular formula is C10H19NO3. The summed E-state index contributed by atoms with van der Waals surface area (Å²) in [6.45, 7) is 6.33. The van der Waals surface area contributed by atoms with E-state index in [9.17, 15) is 9.90 Å². The van der Waals surface area contributed by atoms with Crippen LogP contribution in [-0.2, 0) is 0 Å². The molecule has 4 nitrogen and oxygen atoms in total. The first-order chi connectivity index (χ1) is 6.34. The summed E-state index contributed by atoms with van der Waals surface area (Å²) >= 11 is 0. The van der Waals surface area contributed by atoms with Gasteiger partial charge in [-0.05, 0) is 18.3 Å². The third kappa shape index (κ3) is 2.18. The molecule has 0 aromatic carbocycles. The molecule has 14 heavy (non-hydrogen) atoms. The van der Waals surface area contributed by atoms with Crippen molar-refractivity contribution in [1.29, 1.82) is 0 Å². The van der Waals surface area contributed by atoms with Gasteiger partial charge in [0.1, 0.15) is 0 Å². The zero-order valence-electron chi connectivity index (χ0n) is 9.03. The number of carbonyl (C=O) groups is 1. The molecule has 1 aliphatic rings. The quantitative estimate of drug-likeness (QED) is 0.676. The molecule has 1 rings (SSSR count). The van der Waals surface area contributed by atoms with Gasteiger partial charge in [0.15, 0.2) is 0 Å². The van der Waals surface area contributed by atoms with Gasteiger partial charge in [0, 0.05) is 6.54 Å². The predicted molar refractivity (Wildman–Crippen MR) is 53.2 cm³/mol. The predicted octanol–water partition coefficient (Wildman–Crippen LogP) is 1.54. The molecule has 0 aliphatic carbocycles. The smallest absolute Gasteiger partial charge is 0.407 e. The van der Waals surface area contributed by atoms with Crippen molar-refractivity contribution in [3.8, 4) is 0 Å². The molecule has 1 fully saturated rings. The fourth-order valence-electron chi connectivity index (χ4n) is 1.94. The van der Waals surface area contributed by atoms with Gasteiger partial charge in [0.2, 0.25) is 0 Å². The van der Waals surface area contributed by atoms with E-state index in [1.807, 2.05) is 20.8 Å². The summed E-state index contributed by atoms with van der Waals surface area (Å²) in [5.41, 5.74) is -0.261. The normalized spacial score (nSPS) is 25.1. The van der Waals surface area contributed by atoms with Crippen molar-refractivity contribution in [1.82, 2.24) is 4.90 Å². The van der Waals surface area contributed by atoms with Gasteiger partial charge in [-0.15, -0.1) is 0 Å². The summed E-state index contributed by atoms with van der Waals surface area (Å²) in [5.74, 6) is 0. The van der Waals surface area contributed by atoms with E-state index in [0.717, 1.165) is 12.8 Å². The molecule has 1 saturated heterocycles. The SMILES string of the molecule is CC(C)(C)C(O)C1CCCN1C(=O)O. The highest BCUT2D eigenvalue weighted by molar-refractivity contribution is 5.65. The van der Waals surface area contributed by atoms with Crippen LogP contribution >= 0.6 is 0 Å². The Balaban J connectivity index is 2.72. The molecule has 0 aromatic rings. The number of hydrogen-bond donors (Lipinski definition) is 2. The van der Waals surface area contributed by atoms with Crippen LogP contribution in [-0.4, -0.2) is 39.9 Å². The number of rotatable bonds is 1. The summed E-state index contributed by atoms with van der Waals surface area (Å²) < 4.78 is 0. The van der Waals surface area contributed by atoms with Crippen LogP contribution in [0.4, 0.5) is 4.79 Å². The molecule has 2 N–H and O–H groups in total. The summed E-state index contributed by atoms with van der Waals surface area (Å²) in [4.78, 5) is 12.2. The Hall–Kier alpha value is -0.770. The van der Waals surface area contributed by atoms with Crippen molar-refractivity contribution >= 4 is 6.09 Å². The van der Waals surface area contributed by atoms with E-state index in [2.05, 4.69) is 0 Å². The monoisotopic (exact) mass is 201 g/mol. The van der Waals surface area contributed by atoms with E-state index < -0.39 is 12.2 Å². The van der Waals surface area contributed by atoms with Gasteiger partial charge in [-0.25, -0.2) is 4.79 Å². The number of hydrogen-bond acceptors (Lipinski definition) is 2. The molecule has 2 unspecified atom stereocenters. The first-order valence-electron chi connectivity index (χ1n) is 5.01. The van der Waals surface area contributed by atoms with Gasteiger partial charge in [-0.2, -0.15) is 0 Å². The number of aliphatic hydroxyl groups is 1. The average Bonchev–Trinajstić information content (AvgIpc) is 2.48. The summed E-state index contributed by atoms with van der Waals surface area (Å²) in [5, 5.41) is 18.9. The Kier molecular flexibility index (Phi) is 3.04. The molecule has 0 bridgehead atoms. The second-order valence-electron chi connectivity index (χ2n) is 5.00. The molecule has 4 heteroatoms. The molecule has 0 aromatic heterocycles. The van der Waals surface area contributed by atoms with Crippen molar-refractivity contribution in [3.05, 3.63) is 0 Å². The van der Waals surface area contributed by atoms with Crippen molar-refractivity contribution in [2.24, 2.45) is 5.41 Å². The van der Waals surface area contributed by atoms with Crippen molar-refractivity contribution in [3.63, 3.8) is 0 Å². The topological polar surface area (TPSA) is 60.8 Å². The zero-order chi connectivity index (χ0) is 10.9. The molecule has 82 valence electrons. The minimum atomic E-state index is -0.921. The fourth-order valence-corrected chi connectivity index (χ4v) is 1.94. The standard InChI is InChI=1S/C10H19NO3/c1-10(2,3)8(12)7-5-4-6-11(7)9(13)14/h7-8,12H,4-6H2,1-3H3,(H,13,14). The largest absolute Gasteiger partial charge is 0.465 e. The van der Waals surface area contributed by atoms with Crippen LogP contribution in [0.15, 0.2) is 0 Å². The molecule has 1 aliphatic heterocycles. The van der Waals surface area contributed by atoms with E-state index in [-0.39, 0.29) is 11.5 Å². The van der Waals surface area contributed by atoms with Crippen LogP contribution in [0.2, 0.25) is 0 Å². The molecule has 1 amide bonds. The highest BCUT2D eigenvalue weighted by atomic mass is 16.4. The Morgan fingerprint density at radius 1 is 1.50 bits per heavy atom. The second kappa shape index (κ2) is 3.77. The molecule has 2 atom stereocenters. The van der Waals surface area contributed by atoms with Crippen LogP contribution < -0.4 is 0 Å². The maximum absolute atomic E-state index is 10.9. The minimum Gasteiger partial charge on any atom is -0.465 e. The van der Waals surface area contributed by atoms with Crippen molar-refractivity contribution in [2.45, 2.75) is 45.8 Å². The van der Waals surface area contributed by atoms with E-state index in [0.29, 0.717) is 6.54 Å². The molecule has 1 heterocycles. The highest BCUT2D eigenvalue weighted by Gasteiger charge is 2.39. The molecular weight excluding hydrogens is 182 g/mol. The van der Waals surface area contributed by atoms with Crippen LogP contribution in [0.5, 0.6) is 0 Å². The maximum atomic E-state index is 10.9. The Morgan fingerprint density at radius 3 is 2.50 bits per heavy atom. The lowest BCUT2D eigenvalue weighted by Crippen LogP contribution is -2.47. The summed E-state index contributed by atoms with van der Waals surface area (Å²) in [6, 6.07) is -0.229. The number of amides is 1. The average molecular weight is 201 g/mol. The number of likely N-dealkylation sites (tertiary alicyclic amines) is 1. The lowest BCUT2D eigenvalue weighted by molar-refractivity contribution is -0.000454. The number of carboxylic acid groups (broad SMARTS) is 1. The summed E-state index contributed by atoms with van der Waals surface area (Å²) in [6.07, 6.45) is 0.117. The van der Waals surface area contributed by atoms with E-state index >= 15 is 0 Å². The maximum Gasteiger partial charge on any atom is 0.407 e. The van der Waals surface area contributed by atoms with Gasteiger partial charge in [-0.3, -0.25) is 0 Å². The second-order valence-corrected chi connectivity index (χ2v) is 5.00. The number of aliphatic hydroxyl groups excluding tert-OH is 1. The van der Waals surface area contributed by atoms with Crippen LogP contribution in [0.1, 0.15) is 33.6 Å². The van der Waals surface area contributed by atoms with Crippen molar-refractivity contribution < 1.29 is 15.0 Å². The zero-order valence-corrected chi connectivity index (χ0v) is 9.03. The lowest BCUT2D eigenvalue weighted by atomic mass is 9.84. The van der Waals surface area contributed by atoms with Crippen LogP contribution in [0.25, 0.3) is 0 Å². The van der Waals surface area contributed by atoms with E-state index in [4.69, 9.17) is 5.11 Å². The van der Waals surface area contributed by atoms with Gasteiger partial charge < -0.3 is 15.1 Å². The third-order valence-electron chi connectivity index (χ3n) is 2.80. The lowest BCUT2D eigenvalue weighted by Gasteiger charge is -2.34. The van der Waals surface area contributed by atoms with Gasteiger partial charge in [0.25, 0.3) is 0 Å². The Bertz CT molecular complexity index is 222. The van der Waals surface area contributed by atoms with Gasteiger partial charge >= 0.3 is 6.09 Å². The van der Waals surface area contributed by atoms with Gasteiger partial charge in [-0.1, -0.05) is 20.8 Å².